The van der Waals surface area contributed by atoms with Crippen molar-refractivity contribution in [2.24, 2.45) is 0 Å². The molecule has 0 heterocycles. The van der Waals surface area contributed by atoms with Gasteiger partial charge in [0.15, 0.2) is 0 Å². The summed E-state index contributed by atoms with van der Waals surface area (Å²) in [4.78, 5) is 2.36. The van der Waals surface area contributed by atoms with E-state index < -0.39 is 0 Å². The number of hydrogen-bond donors (Lipinski definition) is 0. The highest BCUT2D eigenvalue weighted by Crippen LogP contribution is 2.40. The van der Waals surface area contributed by atoms with Crippen LogP contribution in [0.3, 0.4) is 0 Å². The third kappa shape index (κ3) is 4.51. The molecule has 5 aromatic carbocycles. The first-order chi connectivity index (χ1) is 16.4. The molecule has 0 aliphatic carbocycles. The summed E-state index contributed by atoms with van der Waals surface area (Å²) in [5.74, 6) is 0. The summed E-state index contributed by atoms with van der Waals surface area (Å²) in [5, 5.41) is 2.48. The van der Waals surface area contributed by atoms with Crippen LogP contribution >= 0.6 is 15.9 Å². The first kappa shape index (κ1) is 22.4. The van der Waals surface area contributed by atoms with Crippen LogP contribution in [0.1, 0.15) is 26.3 Å². The fourth-order valence-electron chi connectivity index (χ4n) is 4.39. The van der Waals surface area contributed by atoms with Crippen LogP contribution in [0.5, 0.6) is 0 Å². The first-order valence-electron chi connectivity index (χ1n) is 11.6. The van der Waals surface area contributed by atoms with Gasteiger partial charge in [-0.25, -0.2) is 0 Å². The minimum atomic E-state index is 0.120. The lowest BCUT2D eigenvalue weighted by atomic mass is 9.87. The van der Waals surface area contributed by atoms with E-state index in [9.17, 15) is 0 Å². The molecule has 0 bridgehead atoms. The van der Waals surface area contributed by atoms with E-state index in [1.54, 1.807) is 0 Å². The predicted molar refractivity (Wildman–Crippen MR) is 150 cm³/mol. The van der Waals surface area contributed by atoms with E-state index in [2.05, 4.69) is 157 Å². The van der Waals surface area contributed by atoms with Gasteiger partial charge in [-0.1, -0.05) is 109 Å². The molecule has 2 heteroatoms. The van der Waals surface area contributed by atoms with E-state index in [0.717, 1.165) is 15.8 Å². The van der Waals surface area contributed by atoms with E-state index in [1.165, 1.54) is 33.2 Å². The van der Waals surface area contributed by atoms with Gasteiger partial charge in [-0.15, -0.1) is 0 Å². The highest BCUT2D eigenvalue weighted by Gasteiger charge is 2.18. The Hall–Kier alpha value is -3.36. The number of hydrogen-bond acceptors (Lipinski definition) is 1. The normalized spacial score (nSPS) is 11.5. The van der Waals surface area contributed by atoms with E-state index in [0.29, 0.717) is 0 Å². The zero-order chi connectivity index (χ0) is 23.7. The van der Waals surface area contributed by atoms with Crippen molar-refractivity contribution in [1.82, 2.24) is 0 Å². The molecule has 5 rings (SSSR count). The highest BCUT2D eigenvalue weighted by molar-refractivity contribution is 9.10. The van der Waals surface area contributed by atoms with Crippen molar-refractivity contribution in [1.29, 1.82) is 0 Å². The van der Waals surface area contributed by atoms with Crippen molar-refractivity contribution in [3.63, 3.8) is 0 Å². The van der Waals surface area contributed by atoms with Gasteiger partial charge in [-0.2, -0.15) is 0 Å². The zero-order valence-corrected chi connectivity index (χ0v) is 21.4. The van der Waals surface area contributed by atoms with Crippen LogP contribution in [0, 0.1) is 0 Å². The Labute approximate surface area is 210 Å². The maximum atomic E-state index is 3.53. The lowest BCUT2D eigenvalue weighted by molar-refractivity contribution is 0.590. The van der Waals surface area contributed by atoms with Gasteiger partial charge >= 0.3 is 0 Å². The van der Waals surface area contributed by atoms with Crippen LogP contribution in [0.4, 0.5) is 17.1 Å². The SMILES string of the molecule is CC(C)(C)c1ccc(N(c2ccc(-c3ccc(Br)cc3)cc2)c2cccc3ccccc23)cc1. The third-order valence-corrected chi connectivity index (χ3v) is 6.83. The molecular weight excluding hydrogens is 478 g/mol. The predicted octanol–water partition coefficient (Wildman–Crippen LogP) is 10.0. The lowest BCUT2D eigenvalue weighted by Crippen LogP contribution is -2.13. The van der Waals surface area contributed by atoms with Gasteiger partial charge in [0.05, 0.1) is 5.69 Å². The number of nitrogens with zero attached hydrogens (tertiary/aromatic N) is 1. The summed E-state index contributed by atoms with van der Waals surface area (Å²) in [7, 11) is 0. The topological polar surface area (TPSA) is 3.24 Å². The Bertz CT molecular complexity index is 1400. The van der Waals surface area contributed by atoms with E-state index in [4.69, 9.17) is 0 Å². The maximum absolute atomic E-state index is 3.53. The van der Waals surface area contributed by atoms with Crippen LogP contribution in [0.15, 0.2) is 120 Å². The second kappa shape index (κ2) is 9.12. The molecule has 34 heavy (non-hydrogen) atoms. The van der Waals surface area contributed by atoms with Crippen LogP contribution in [0.2, 0.25) is 0 Å². The smallest absolute Gasteiger partial charge is 0.0540 e. The Balaban J connectivity index is 1.63. The van der Waals surface area contributed by atoms with Crippen LogP contribution in [-0.4, -0.2) is 0 Å². The van der Waals surface area contributed by atoms with Gasteiger partial charge < -0.3 is 4.90 Å². The Morgan fingerprint density at radius 2 is 1.09 bits per heavy atom. The van der Waals surface area contributed by atoms with E-state index in [-0.39, 0.29) is 5.41 Å². The number of rotatable bonds is 4. The summed E-state index contributed by atoms with van der Waals surface area (Å²) in [5.41, 5.74) is 7.34. The Morgan fingerprint density at radius 1 is 0.559 bits per heavy atom. The van der Waals surface area contributed by atoms with Crippen LogP contribution in [-0.2, 0) is 5.41 Å². The molecule has 0 N–H and O–H groups in total. The fourth-order valence-corrected chi connectivity index (χ4v) is 4.65. The number of halogens is 1. The summed E-state index contributed by atoms with van der Waals surface area (Å²) < 4.78 is 1.09. The summed E-state index contributed by atoms with van der Waals surface area (Å²) in [6, 6.07) is 41.4. The first-order valence-corrected chi connectivity index (χ1v) is 12.4. The van der Waals surface area contributed by atoms with Crippen LogP contribution < -0.4 is 4.90 Å². The summed E-state index contributed by atoms with van der Waals surface area (Å²) in [6.45, 7) is 6.77. The van der Waals surface area contributed by atoms with Gasteiger partial charge in [0, 0.05) is 21.2 Å². The molecule has 1 nitrogen and oxygen atoms in total. The molecular formula is C32H28BrN. The van der Waals surface area contributed by atoms with Crippen molar-refractivity contribution in [2.75, 3.05) is 4.90 Å². The van der Waals surface area contributed by atoms with Gasteiger partial charge in [-0.3, -0.25) is 0 Å². The molecule has 0 aliphatic rings. The van der Waals surface area contributed by atoms with Crippen molar-refractivity contribution in [3.8, 4) is 11.1 Å². The lowest BCUT2D eigenvalue weighted by Gasteiger charge is -2.28. The molecule has 0 saturated carbocycles. The van der Waals surface area contributed by atoms with Gasteiger partial charge in [0.2, 0.25) is 0 Å². The molecule has 0 radical (unpaired) electrons. The second-order valence-corrected chi connectivity index (χ2v) is 10.6. The molecule has 168 valence electrons. The Morgan fingerprint density at radius 3 is 1.71 bits per heavy atom. The average Bonchev–Trinajstić information content (AvgIpc) is 2.85. The summed E-state index contributed by atoms with van der Waals surface area (Å²) >= 11 is 3.53. The third-order valence-electron chi connectivity index (χ3n) is 6.30. The van der Waals surface area contributed by atoms with Gasteiger partial charge in [-0.05, 0) is 70.0 Å². The largest absolute Gasteiger partial charge is 0.310 e. The molecule has 0 saturated heterocycles. The monoisotopic (exact) mass is 505 g/mol. The molecule has 0 unspecified atom stereocenters. The minimum absolute atomic E-state index is 0.120. The van der Waals surface area contributed by atoms with Gasteiger partial charge in [0.1, 0.15) is 0 Å². The summed E-state index contributed by atoms with van der Waals surface area (Å²) in [6.07, 6.45) is 0. The minimum Gasteiger partial charge on any atom is -0.310 e. The van der Waals surface area contributed by atoms with Crippen molar-refractivity contribution >= 4 is 43.8 Å². The van der Waals surface area contributed by atoms with Crippen molar-refractivity contribution < 1.29 is 0 Å². The zero-order valence-electron chi connectivity index (χ0n) is 19.8. The fraction of sp³-hybridized carbons (Fsp3) is 0.125. The Kier molecular flexibility index (Phi) is 6.02. The van der Waals surface area contributed by atoms with Crippen molar-refractivity contribution in [3.05, 3.63) is 125 Å². The van der Waals surface area contributed by atoms with E-state index >= 15 is 0 Å². The molecule has 0 amide bonds. The molecule has 0 aliphatic heterocycles. The van der Waals surface area contributed by atoms with Gasteiger partial charge in [0.25, 0.3) is 0 Å². The number of anilines is 3. The van der Waals surface area contributed by atoms with Crippen LogP contribution in [0.25, 0.3) is 21.9 Å². The maximum Gasteiger partial charge on any atom is 0.0540 e. The molecule has 0 fully saturated rings. The highest BCUT2D eigenvalue weighted by atomic mass is 79.9. The molecule has 5 aromatic rings. The average molecular weight is 506 g/mol. The molecule has 0 atom stereocenters. The van der Waals surface area contributed by atoms with E-state index in [1.807, 2.05) is 0 Å². The quantitative estimate of drug-likeness (QED) is 0.234. The molecule has 0 aromatic heterocycles. The second-order valence-electron chi connectivity index (χ2n) is 9.68. The van der Waals surface area contributed by atoms with Crippen molar-refractivity contribution in [2.45, 2.75) is 26.2 Å². The number of benzene rings is 5. The molecule has 0 spiro atoms. The number of fused-ring (bicyclic) bond motifs is 1. The standard InChI is InChI=1S/C32H28BrN/c1-32(2,3)26-15-21-29(22-16-26)34(31-10-6-8-25-7-4-5-9-30(25)31)28-19-13-24(14-20-28)23-11-17-27(33)18-12-23/h4-22H,1-3H3.